The van der Waals surface area contributed by atoms with Crippen LogP contribution in [0.4, 0.5) is 0 Å². The molecule has 0 radical (unpaired) electrons. The fourth-order valence-electron chi connectivity index (χ4n) is 2.45. The summed E-state index contributed by atoms with van der Waals surface area (Å²) in [6.07, 6.45) is 3.75. The molecule has 0 unspecified atom stereocenters. The van der Waals surface area contributed by atoms with Crippen LogP contribution in [0.1, 0.15) is 28.8 Å². The van der Waals surface area contributed by atoms with Gasteiger partial charge in [-0.05, 0) is 13.0 Å². The van der Waals surface area contributed by atoms with Crippen molar-refractivity contribution in [1.29, 1.82) is 0 Å². The van der Waals surface area contributed by atoms with Crippen molar-refractivity contribution in [2.45, 2.75) is 32.4 Å². The average molecular weight is 305 g/mol. The van der Waals surface area contributed by atoms with Crippen molar-refractivity contribution in [3.8, 4) is 5.75 Å². The molecule has 22 heavy (non-hydrogen) atoms. The highest BCUT2D eigenvalue weighted by molar-refractivity contribution is 5.93. The molecule has 0 aliphatic carbocycles. The minimum atomic E-state index is -0.248. The molecule has 2 N–H and O–H groups in total. The fraction of sp³-hybridized carbons (Fsp3) is 0.467. The summed E-state index contributed by atoms with van der Waals surface area (Å²) in [5, 5.41) is 9.43. The number of hydrogen-bond donors (Lipinski definition) is 2. The van der Waals surface area contributed by atoms with E-state index in [4.69, 9.17) is 13.9 Å². The van der Waals surface area contributed by atoms with Crippen molar-refractivity contribution in [2.24, 2.45) is 0 Å². The molecule has 0 aromatic carbocycles. The molecule has 7 heteroatoms. The fourth-order valence-corrected chi connectivity index (χ4v) is 2.45. The zero-order valence-corrected chi connectivity index (χ0v) is 12.6. The zero-order chi connectivity index (χ0) is 15.5. The monoisotopic (exact) mass is 305 g/mol. The largest absolute Gasteiger partial charge is 0.482 e. The number of rotatable bonds is 5. The molecule has 0 spiro atoms. The lowest BCUT2D eigenvalue weighted by atomic mass is 10.2. The van der Waals surface area contributed by atoms with E-state index < -0.39 is 0 Å². The lowest BCUT2D eigenvalue weighted by molar-refractivity contribution is 0.0874. The Kier molecular flexibility index (Phi) is 4.15. The quantitative estimate of drug-likeness (QED) is 0.872. The van der Waals surface area contributed by atoms with E-state index in [9.17, 15) is 4.79 Å². The summed E-state index contributed by atoms with van der Waals surface area (Å²) in [5.41, 5.74) is 0.834. The van der Waals surface area contributed by atoms with Gasteiger partial charge in [0.2, 0.25) is 0 Å². The Morgan fingerprint density at radius 1 is 1.55 bits per heavy atom. The van der Waals surface area contributed by atoms with Crippen LogP contribution in [0.2, 0.25) is 0 Å². The van der Waals surface area contributed by atoms with Crippen molar-refractivity contribution in [3.05, 3.63) is 35.5 Å². The first-order valence-corrected chi connectivity index (χ1v) is 7.30. The van der Waals surface area contributed by atoms with Crippen LogP contribution < -0.4 is 10.1 Å². The van der Waals surface area contributed by atoms with Gasteiger partial charge in [-0.1, -0.05) is 6.92 Å². The standard InChI is InChI=1S/C15H19N3O4/c1-3-10-4-9(2)14(22-10)15(19)18-12-7-20-8-13(12)21-11-5-16-17-6-11/h4-6,12-13H,3,7-8H2,1-2H3,(H,16,17)(H,18,19)/t12-,13+/m0/s1. The minimum Gasteiger partial charge on any atom is -0.482 e. The molecule has 1 fully saturated rings. The van der Waals surface area contributed by atoms with Gasteiger partial charge in [0, 0.05) is 12.0 Å². The third kappa shape index (κ3) is 2.99. The number of aromatic amines is 1. The van der Waals surface area contributed by atoms with Crippen molar-refractivity contribution in [1.82, 2.24) is 15.5 Å². The average Bonchev–Trinajstić information content (AvgIpc) is 3.22. The van der Waals surface area contributed by atoms with Gasteiger partial charge < -0.3 is 19.2 Å². The highest BCUT2D eigenvalue weighted by Gasteiger charge is 2.32. The summed E-state index contributed by atoms with van der Waals surface area (Å²) in [7, 11) is 0. The first-order chi connectivity index (χ1) is 10.7. The summed E-state index contributed by atoms with van der Waals surface area (Å²) < 4.78 is 16.7. The summed E-state index contributed by atoms with van der Waals surface area (Å²) in [4.78, 5) is 12.4. The molecule has 7 nitrogen and oxygen atoms in total. The molecular weight excluding hydrogens is 286 g/mol. The smallest absolute Gasteiger partial charge is 0.287 e. The second-order valence-electron chi connectivity index (χ2n) is 5.29. The number of aromatic nitrogens is 2. The molecule has 118 valence electrons. The number of nitrogens with one attached hydrogen (secondary N) is 2. The molecule has 2 aromatic heterocycles. The Hall–Kier alpha value is -2.28. The van der Waals surface area contributed by atoms with Gasteiger partial charge in [-0.25, -0.2) is 0 Å². The zero-order valence-electron chi connectivity index (χ0n) is 12.6. The van der Waals surface area contributed by atoms with Crippen molar-refractivity contribution >= 4 is 5.91 Å². The molecule has 1 saturated heterocycles. The Morgan fingerprint density at radius 3 is 3.09 bits per heavy atom. The Balaban J connectivity index is 1.65. The highest BCUT2D eigenvalue weighted by Crippen LogP contribution is 2.18. The first kappa shape index (κ1) is 14.6. The third-order valence-corrected chi connectivity index (χ3v) is 3.63. The molecule has 3 rings (SSSR count). The van der Waals surface area contributed by atoms with E-state index in [1.54, 1.807) is 12.4 Å². The van der Waals surface area contributed by atoms with Crippen LogP contribution in [0.5, 0.6) is 5.75 Å². The van der Waals surface area contributed by atoms with E-state index in [0.717, 1.165) is 17.7 Å². The van der Waals surface area contributed by atoms with Gasteiger partial charge in [0.25, 0.3) is 5.91 Å². The van der Waals surface area contributed by atoms with E-state index in [2.05, 4.69) is 15.5 Å². The van der Waals surface area contributed by atoms with Crippen LogP contribution in [-0.2, 0) is 11.2 Å². The van der Waals surface area contributed by atoms with Gasteiger partial charge in [-0.15, -0.1) is 0 Å². The van der Waals surface area contributed by atoms with E-state index in [1.807, 2.05) is 19.9 Å². The molecule has 1 amide bonds. The van der Waals surface area contributed by atoms with E-state index >= 15 is 0 Å². The molecule has 1 aliphatic rings. The molecule has 1 aliphatic heterocycles. The number of nitrogens with zero attached hydrogens (tertiary/aromatic N) is 1. The molecule has 0 bridgehead atoms. The lowest BCUT2D eigenvalue weighted by Gasteiger charge is -2.19. The molecular formula is C15H19N3O4. The van der Waals surface area contributed by atoms with E-state index in [-0.39, 0.29) is 18.1 Å². The number of amides is 1. The van der Waals surface area contributed by atoms with Crippen LogP contribution >= 0.6 is 0 Å². The maximum Gasteiger partial charge on any atom is 0.287 e. The second-order valence-corrected chi connectivity index (χ2v) is 5.29. The Labute approximate surface area is 128 Å². The maximum atomic E-state index is 12.4. The van der Waals surface area contributed by atoms with Gasteiger partial charge >= 0.3 is 0 Å². The predicted molar refractivity (Wildman–Crippen MR) is 77.9 cm³/mol. The normalized spacial score (nSPS) is 21.0. The van der Waals surface area contributed by atoms with Crippen LogP contribution in [0, 0.1) is 6.92 Å². The topological polar surface area (TPSA) is 89.4 Å². The van der Waals surface area contributed by atoms with Crippen LogP contribution in [0.25, 0.3) is 0 Å². The van der Waals surface area contributed by atoms with Crippen LogP contribution in [0.15, 0.2) is 22.9 Å². The number of carbonyl (C=O) groups is 1. The SMILES string of the molecule is CCc1cc(C)c(C(=O)N[C@H]2COC[C@H]2Oc2cn[nH]c2)o1. The molecule has 2 aromatic rings. The number of ether oxygens (including phenoxy) is 2. The van der Waals surface area contributed by atoms with Gasteiger partial charge in [0.15, 0.2) is 11.5 Å². The number of aryl methyl sites for hydroxylation is 2. The maximum absolute atomic E-state index is 12.4. The molecule has 3 heterocycles. The van der Waals surface area contributed by atoms with Crippen molar-refractivity contribution in [2.75, 3.05) is 13.2 Å². The Bertz CT molecular complexity index is 635. The first-order valence-electron chi connectivity index (χ1n) is 7.30. The summed E-state index contributed by atoms with van der Waals surface area (Å²) in [6.45, 7) is 4.68. The molecule has 0 saturated carbocycles. The number of hydrogen-bond acceptors (Lipinski definition) is 5. The summed E-state index contributed by atoms with van der Waals surface area (Å²) >= 11 is 0. The lowest BCUT2D eigenvalue weighted by Crippen LogP contribution is -2.45. The van der Waals surface area contributed by atoms with Gasteiger partial charge in [-0.2, -0.15) is 5.10 Å². The number of carbonyl (C=O) groups excluding carboxylic acids is 1. The van der Waals surface area contributed by atoms with Crippen molar-refractivity contribution < 1.29 is 18.7 Å². The summed E-state index contributed by atoms with van der Waals surface area (Å²) in [6, 6.07) is 1.66. The van der Waals surface area contributed by atoms with E-state index in [1.165, 1.54) is 0 Å². The van der Waals surface area contributed by atoms with Gasteiger partial charge in [0.1, 0.15) is 11.9 Å². The van der Waals surface area contributed by atoms with Gasteiger partial charge in [-0.3, -0.25) is 9.89 Å². The number of furan rings is 1. The second kappa shape index (κ2) is 6.23. The third-order valence-electron chi connectivity index (χ3n) is 3.63. The number of H-pyrrole nitrogens is 1. The van der Waals surface area contributed by atoms with Crippen molar-refractivity contribution in [3.63, 3.8) is 0 Å². The van der Waals surface area contributed by atoms with Crippen LogP contribution in [-0.4, -0.2) is 41.5 Å². The highest BCUT2D eigenvalue weighted by atomic mass is 16.5. The molecule has 2 atom stereocenters. The van der Waals surface area contributed by atoms with Gasteiger partial charge in [0.05, 0.1) is 31.6 Å². The van der Waals surface area contributed by atoms with Crippen LogP contribution in [0.3, 0.4) is 0 Å². The summed E-state index contributed by atoms with van der Waals surface area (Å²) in [5.74, 6) is 1.54. The Morgan fingerprint density at radius 2 is 2.41 bits per heavy atom. The predicted octanol–water partition coefficient (Wildman–Crippen LogP) is 1.45. The van der Waals surface area contributed by atoms with E-state index in [0.29, 0.717) is 24.7 Å². The minimum absolute atomic E-state index is 0.225.